The topological polar surface area (TPSA) is 95.1 Å². The minimum Gasteiger partial charge on any atom is -0.489 e. The maximum atomic E-state index is 13.3. The molecular formula is C66H64N2O6. The van der Waals surface area contributed by atoms with E-state index in [1.54, 1.807) is 0 Å². The van der Waals surface area contributed by atoms with E-state index in [0.29, 0.717) is 36.1 Å². The number of esters is 2. The molecule has 0 unspecified atom stereocenters. The number of nitrogens with one attached hydrogen (secondary N) is 2. The SMILES string of the molecule is COC(=O)c1cc([C@H]2C[C@H](CN[C@H](C)c3cccc4c(-c5ccc6c(c5)O[C@@H](CN[C@H](C)c5cccc7ccccc57)C[C@H]6c5ccc(C6CC6)c(C(=O)OC)c5)cccc34)Oc3ccccc32)ccc1C1CC1. The minimum atomic E-state index is -0.276. The molecule has 8 heteroatoms. The molecule has 8 nitrogen and oxygen atoms in total. The van der Waals surface area contributed by atoms with Crippen molar-refractivity contribution in [3.63, 3.8) is 0 Å². The Morgan fingerprint density at radius 2 is 1.01 bits per heavy atom. The molecule has 374 valence electrons. The number of para-hydroxylation sites is 1. The number of ether oxygens (including phenoxy) is 4. The zero-order valence-corrected chi connectivity index (χ0v) is 42.7. The Morgan fingerprint density at radius 3 is 1.65 bits per heavy atom. The summed E-state index contributed by atoms with van der Waals surface area (Å²) in [6.45, 7) is 5.77. The number of carbonyl (C=O) groups is 2. The summed E-state index contributed by atoms with van der Waals surface area (Å²) in [5, 5.41) is 12.6. The zero-order chi connectivity index (χ0) is 50.5. The molecule has 6 atom stereocenters. The molecule has 2 fully saturated rings. The zero-order valence-electron chi connectivity index (χ0n) is 42.7. The van der Waals surface area contributed by atoms with Gasteiger partial charge in [-0.3, -0.25) is 0 Å². The molecule has 0 amide bonds. The highest BCUT2D eigenvalue weighted by molar-refractivity contribution is 5.99. The van der Waals surface area contributed by atoms with Crippen molar-refractivity contribution in [3.05, 3.63) is 213 Å². The molecule has 2 N–H and O–H groups in total. The molecule has 0 bridgehead atoms. The molecule has 8 aromatic carbocycles. The van der Waals surface area contributed by atoms with Crippen LogP contribution in [0.4, 0.5) is 0 Å². The smallest absolute Gasteiger partial charge is 0.338 e. The van der Waals surface area contributed by atoms with Gasteiger partial charge in [-0.1, -0.05) is 133 Å². The van der Waals surface area contributed by atoms with Crippen LogP contribution in [0.3, 0.4) is 0 Å². The van der Waals surface area contributed by atoms with Crippen LogP contribution in [0.5, 0.6) is 11.5 Å². The fourth-order valence-corrected chi connectivity index (χ4v) is 12.2. The van der Waals surface area contributed by atoms with Gasteiger partial charge in [-0.2, -0.15) is 0 Å². The summed E-state index contributed by atoms with van der Waals surface area (Å²) in [5.74, 6) is 2.15. The molecule has 4 aliphatic rings. The fourth-order valence-electron chi connectivity index (χ4n) is 12.2. The van der Waals surface area contributed by atoms with Gasteiger partial charge in [0.1, 0.15) is 23.7 Å². The van der Waals surface area contributed by atoms with E-state index in [-0.39, 0.29) is 48.1 Å². The number of benzene rings is 8. The monoisotopic (exact) mass is 980 g/mol. The van der Waals surface area contributed by atoms with Gasteiger partial charge in [0.05, 0.1) is 25.3 Å². The molecule has 8 aromatic rings. The van der Waals surface area contributed by atoms with Crippen molar-refractivity contribution in [1.29, 1.82) is 0 Å². The number of hydrogen-bond acceptors (Lipinski definition) is 8. The third-order valence-corrected chi connectivity index (χ3v) is 16.4. The van der Waals surface area contributed by atoms with Crippen LogP contribution >= 0.6 is 0 Å². The molecule has 0 radical (unpaired) electrons. The Hall–Kier alpha value is -7.26. The highest BCUT2D eigenvalue weighted by atomic mass is 16.5. The molecule has 2 saturated carbocycles. The molecule has 2 heterocycles. The molecule has 74 heavy (non-hydrogen) atoms. The van der Waals surface area contributed by atoms with Crippen molar-refractivity contribution in [2.45, 2.75) is 100 Å². The summed E-state index contributed by atoms with van der Waals surface area (Å²) >= 11 is 0. The third-order valence-electron chi connectivity index (χ3n) is 16.4. The maximum Gasteiger partial charge on any atom is 0.338 e. The lowest BCUT2D eigenvalue weighted by molar-refractivity contribution is 0.0590. The second-order valence-electron chi connectivity index (χ2n) is 21.1. The summed E-state index contributed by atoms with van der Waals surface area (Å²) in [6.07, 6.45) is 5.75. The van der Waals surface area contributed by atoms with Crippen molar-refractivity contribution in [2.75, 3.05) is 27.3 Å². The lowest BCUT2D eigenvalue weighted by atomic mass is 9.81. The molecule has 2 aliphatic heterocycles. The van der Waals surface area contributed by atoms with Gasteiger partial charge < -0.3 is 29.6 Å². The van der Waals surface area contributed by atoms with E-state index in [9.17, 15) is 9.59 Å². The highest BCUT2D eigenvalue weighted by Gasteiger charge is 2.35. The van der Waals surface area contributed by atoms with Gasteiger partial charge in [0.15, 0.2) is 0 Å². The van der Waals surface area contributed by atoms with Gasteiger partial charge >= 0.3 is 11.9 Å². The lowest BCUT2D eigenvalue weighted by Crippen LogP contribution is -2.37. The van der Waals surface area contributed by atoms with Crippen LogP contribution in [0.2, 0.25) is 0 Å². The predicted molar refractivity (Wildman–Crippen MR) is 294 cm³/mol. The first-order valence-corrected chi connectivity index (χ1v) is 26.7. The molecule has 0 aromatic heterocycles. The van der Waals surface area contributed by atoms with Gasteiger partial charge in [0.25, 0.3) is 0 Å². The Kier molecular flexibility index (Phi) is 13.0. The normalized spacial score (nSPS) is 19.9. The van der Waals surface area contributed by atoms with E-state index in [2.05, 4.69) is 176 Å². The van der Waals surface area contributed by atoms with E-state index >= 15 is 0 Å². The van der Waals surface area contributed by atoms with Crippen molar-refractivity contribution in [2.24, 2.45) is 0 Å². The van der Waals surface area contributed by atoms with E-state index in [1.807, 2.05) is 6.07 Å². The Bertz CT molecular complexity index is 3420. The van der Waals surface area contributed by atoms with E-state index in [0.717, 1.165) is 94.5 Å². The standard InChI is InChI=1S/C66H64N2O6/c1-39(49-16-9-13-41-12-5-6-14-51(41)49)67-38-48-36-60(45-27-30-54(43-24-25-43)62(33-45)66(70)72-4)58-31-28-46(34-64(58)74-48)52-18-11-19-55-50(17-10-20-56(52)55)40(2)68-37-47-35-59(57-15-7-8-21-63(57)73-47)44-26-29-53(42-22-23-42)61(32-44)65(69)71-3/h5-21,26-34,39-40,42-43,47-48,59-60,67-68H,22-25,35-38H2,1-4H3/t39-,40-,47-,48-,59-,60+/m1/s1. The number of carbonyl (C=O) groups excluding carboxylic acids is 2. The first-order chi connectivity index (χ1) is 36.2. The molecule has 12 rings (SSSR count). The molecule has 0 saturated heterocycles. The lowest BCUT2D eigenvalue weighted by Gasteiger charge is -2.34. The average molecular weight is 981 g/mol. The first kappa shape index (κ1) is 47.7. The van der Waals surface area contributed by atoms with Crippen LogP contribution in [0.25, 0.3) is 32.7 Å². The van der Waals surface area contributed by atoms with Gasteiger partial charge in [0, 0.05) is 48.1 Å². The molecule has 2 aliphatic carbocycles. The third kappa shape index (κ3) is 9.35. The van der Waals surface area contributed by atoms with E-state index in [1.165, 1.54) is 46.9 Å². The summed E-state index contributed by atoms with van der Waals surface area (Å²) in [5.41, 5.74) is 12.7. The van der Waals surface area contributed by atoms with Gasteiger partial charge in [-0.15, -0.1) is 0 Å². The summed E-state index contributed by atoms with van der Waals surface area (Å²) < 4.78 is 24.4. The Morgan fingerprint density at radius 1 is 0.514 bits per heavy atom. The van der Waals surface area contributed by atoms with Crippen molar-refractivity contribution in [1.82, 2.24) is 10.6 Å². The summed E-state index contributed by atoms with van der Waals surface area (Å²) in [7, 11) is 2.95. The van der Waals surface area contributed by atoms with Gasteiger partial charge in [-0.05, 0) is 155 Å². The second kappa shape index (κ2) is 20.2. The Balaban J connectivity index is 0.818. The largest absolute Gasteiger partial charge is 0.489 e. The fraction of sp³-hybridized carbons (Fsp3) is 0.303. The van der Waals surface area contributed by atoms with Crippen LogP contribution in [-0.2, 0) is 9.47 Å². The van der Waals surface area contributed by atoms with Crippen molar-refractivity contribution >= 4 is 33.5 Å². The van der Waals surface area contributed by atoms with Crippen LogP contribution in [0.15, 0.2) is 158 Å². The summed E-state index contributed by atoms with van der Waals surface area (Å²) in [6, 6.07) is 56.4. The van der Waals surface area contributed by atoms with Crippen molar-refractivity contribution in [3.8, 4) is 22.6 Å². The van der Waals surface area contributed by atoms with E-state index in [4.69, 9.17) is 18.9 Å². The maximum absolute atomic E-state index is 13.3. The number of rotatable bonds is 15. The first-order valence-electron chi connectivity index (χ1n) is 26.7. The van der Waals surface area contributed by atoms with Crippen LogP contribution < -0.4 is 20.1 Å². The second-order valence-corrected chi connectivity index (χ2v) is 21.1. The quantitative estimate of drug-likeness (QED) is 0.0981. The van der Waals surface area contributed by atoms with Gasteiger partial charge in [0.2, 0.25) is 0 Å². The van der Waals surface area contributed by atoms with E-state index < -0.39 is 0 Å². The van der Waals surface area contributed by atoms with Crippen LogP contribution in [0, 0.1) is 0 Å². The average Bonchev–Trinajstić information content (AvgIpc) is 4.41. The highest BCUT2D eigenvalue weighted by Crippen LogP contribution is 2.48. The summed E-state index contributed by atoms with van der Waals surface area (Å²) in [4.78, 5) is 26.3. The van der Waals surface area contributed by atoms with Crippen LogP contribution in [0.1, 0.15) is 153 Å². The number of methoxy groups -OCH3 is 2. The van der Waals surface area contributed by atoms with Crippen molar-refractivity contribution < 1.29 is 28.5 Å². The predicted octanol–water partition coefficient (Wildman–Crippen LogP) is 14.3. The van der Waals surface area contributed by atoms with Crippen LogP contribution in [-0.4, -0.2) is 51.5 Å². The molecular weight excluding hydrogens is 917 g/mol. The Labute approximate surface area is 434 Å². The number of hydrogen-bond donors (Lipinski definition) is 2. The minimum absolute atomic E-state index is 0.0114. The molecule has 0 spiro atoms. The van der Waals surface area contributed by atoms with Gasteiger partial charge in [-0.25, -0.2) is 9.59 Å². The number of fused-ring (bicyclic) bond motifs is 4.